The van der Waals surface area contributed by atoms with Crippen LogP contribution in [0.5, 0.6) is 0 Å². The van der Waals surface area contributed by atoms with Gasteiger partial charge >= 0.3 is 0 Å². The minimum Gasteiger partial charge on any atom is -0.321 e. The summed E-state index contributed by atoms with van der Waals surface area (Å²) in [5.74, 6) is -0.322. The number of anilines is 2. The highest BCUT2D eigenvalue weighted by Crippen LogP contribution is 2.21. The number of pyridine rings is 1. The molecule has 4 rings (SSSR count). The Morgan fingerprint density at radius 1 is 1.10 bits per heavy atom. The average Bonchev–Trinajstić information content (AvgIpc) is 3.28. The number of carbonyl (C=O) groups is 1. The second-order valence-corrected chi connectivity index (χ2v) is 8.98. The van der Waals surface area contributed by atoms with Gasteiger partial charge in [-0.1, -0.05) is 6.07 Å². The highest BCUT2D eigenvalue weighted by Gasteiger charge is 2.18. The van der Waals surface area contributed by atoms with Gasteiger partial charge in [-0.05, 0) is 49.7 Å². The predicted molar refractivity (Wildman–Crippen MR) is 112 cm³/mol. The van der Waals surface area contributed by atoms with Crippen LogP contribution in [0.2, 0.25) is 0 Å². The Bertz CT molecular complexity index is 1290. The molecule has 8 nitrogen and oxygen atoms in total. The number of hydrogen-bond acceptors (Lipinski definition) is 6. The van der Waals surface area contributed by atoms with Crippen molar-refractivity contribution in [3.63, 3.8) is 0 Å². The standard InChI is InChI=1S/C19H17N5O3S2/c1-12-3-8-16-21-13(2)17(24(16)11-12)18(25)22-14-4-6-15(7-5-14)29(26,27)23-19-20-9-10-28-19/h3-11H,1-2H3,(H,20,23)(H,22,25). The summed E-state index contributed by atoms with van der Waals surface area (Å²) in [6.45, 7) is 3.71. The van der Waals surface area contributed by atoms with Gasteiger partial charge in [0.05, 0.1) is 10.6 Å². The van der Waals surface area contributed by atoms with Crippen LogP contribution < -0.4 is 10.0 Å². The van der Waals surface area contributed by atoms with Crippen molar-refractivity contribution in [1.82, 2.24) is 14.4 Å². The molecule has 0 bridgehead atoms. The molecule has 0 radical (unpaired) electrons. The number of nitrogens with one attached hydrogen (secondary N) is 2. The van der Waals surface area contributed by atoms with Crippen molar-refractivity contribution >= 4 is 43.7 Å². The summed E-state index contributed by atoms with van der Waals surface area (Å²) >= 11 is 1.19. The lowest BCUT2D eigenvalue weighted by atomic mass is 10.2. The lowest BCUT2D eigenvalue weighted by Crippen LogP contribution is -2.16. The average molecular weight is 428 g/mol. The molecule has 148 valence electrons. The number of nitrogens with zero attached hydrogens (tertiary/aromatic N) is 3. The normalized spacial score (nSPS) is 11.5. The van der Waals surface area contributed by atoms with Gasteiger partial charge in [-0.2, -0.15) is 0 Å². The van der Waals surface area contributed by atoms with Gasteiger partial charge in [0.15, 0.2) is 5.13 Å². The number of aryl methyl sites for hydroxylation is 2. The topological polar surface area (TPSA) is 105 Å². The van der Waals surface area contributed by atoms with E-state index in [-0.39, 0.29) is 10.8 Å². The Balaban J connectivity index is 1.56. The molecule has 0 saturated carbocycles. The summed E-state index contributed by atoms with van der Waals surface area (Å²) in [5, 5.41) is 4.77. The Labute approximate surface area is 171 Å². The van der Waals surface area contributed by atoms with Crippen LogP contribution in [0.25, 0.3) is 5.65 Å². The molecule has 0 spiro atoms. The minimum absolute atomic E-state index is 0.0762. The van der Waals surface area contributed by atoms with Crippen LogP contribution in [0.4, 0.5) is 10.8 Å². The molecule has 29 heavy (non-hydrogen) atoms. The first kappa shape index (κ1) is 19.1. The van der Waals surface area contributed by atoms with Gasteiger partial charge in [0.25, 0.3) is 15.9 Å². The van der Waals surface area contributed by atoms with Crippen LogP contribution in [0.15, 0.2) is 59.1 Å². The van der Waals surface area contributed by atoms with Crippen LogP contribution in [0, 0.1) is 13.8 Å². The zero-order valence-electron chi connectivity index (χ0n) is 15.6. The molecule has 2 N–H and O–H groups in total. The van der Waals surface area contributed by atoms with Gasteiger partial charge in [-0.25, -0.2) is 18.4 Å². The molecule has 0 atom stereocenters. The molecule has 0 aliphatic carbocycles. The molecule has 1 amide bonds. The lowest BCUT2D eigenvalue weighted by molar-refractivity contribution is 0.102. The van der Waals surface area contributed by atoms with Gasteiger partial charge in [-0.15, -0.1) is 11.3 Å². The Morgan fingerprint density at radius 3 is 2.55 bits per heavy atom. The van der Waals surface area contributed by atoms with E-state index in [2.05, 4.69) is 20.0 Å². The molecule has 10 heteroatoms. The number of carbonyl (C=O) groups excluding carboxylic acids is 1. The van der Waals surface area contributed by atoms with Gasteiger partial charge in [0.2, 0.25) is 0 Å². The number of rotatable bonds is 5. The molecular weight excluding hydrogens is 410 g/mol. The number of thiazole rings is 1. The molecule has 3 heterocycles. The molecule has 3 aromatic heterocycles. The van der Waals surface area contributed by atoms with E-state index in [1.165, 1.54) is 41.8 Å². The van der Waals surface area contributed by atoms with Crippen molar-refractivity contribution in [2.75, 3.05) is 10.0 Å². The van der Waals surface area contributed by atoms with E-state index in [4.69, 9.17) is 0 Å². The second-order valence-electron chi connectivity index (χ2n) is 6.40. The van der Waals surface area contributed by atoms with E-state index in [1.807, 2.05) is 25.3 Å². The zero-order chi connectivity index (χ0) is 20.6. The molecule has 0 aliphatic rings. The third-order valence-corrected chi connectivity index (χ3v) is 6.40. The first-order chi connectivity index (χ1) is 13.8. The Kier molecular flexibility index (Phi) is 4.81. The highest BCUT2D eigenvalue weighted by molar-refractivity contribution is 7.93. The first-order valence-electron chi connectivity index (χ1n) is 8.62. The van der Waals surface area contributed by atoms with Crippen molar-refractivity contribution in [3.05, 3.63) is 71.1 Å². The van der Waals surface area contributed by atoms with Crippen molar-refractivity contribution in [2.45, 2.75) is 18.7 Å². The van der Waals surface area contributed by atoms with E-state index in [0.717, 1.165) is 5.56 Å². The summed E-state index contributed by atoms with van der Waals surface area (Å²) in [5.41, 5.74) is 3.22. The van der Waals surface area contributed by atoms with Crippen LogP contribution in [0.3, 0.4) is 0 Å². The van der Waals surface area contributed by atoms with Crippen LogP contribution in [0.1, 0.15) is 21.7 Å². The zero-order valence-corrected chi connectivity index (χ0v) is 17.2. The number of imidazole rings is 1. The monoisotopic (exact) mass is 427 g/mol. The van der Waals surface area contributed by atoms with Gasteiger partial charge < -0.3 is 5.32 Å². The fraction of sp³-hybridized carbons (Fsp3) is 0.105. The quantitative estimate of drug-likeness (QED) is 0.507. The summed E-state index contributed by atoms with van der Waals surface area (Å²) in [6, 6.07) is 9.72. The molecule has 0 saturated heterocycles. The van der Waals surface area contributed by atoms with Crippen molar-refractivity contribution in [3.8, 4) is 0 Å². The van der Waals surface area contributed by atoms with E-state index in [1.54, 1.807) is 16.7 Å². The first-order valence-corrected chi connectivity index (χ1v) is 11.0. The van der Waals surface area contributed by atoms with Crippen LogP contribution in [-0.2, 0) is 10.0 Å². The Hall–Kier alpha value is -3.24. The smallest absolute Gasteiger partial charge is 0.274 e. The maximum Gasteiger partial charge on any atom is 0.274 e. The Morgan fingerprint density at radius 2 is 1.86 bits per heavy atom. The minimum atomic E-state index is -3.74. The van der Waals surface area contributed by atoms with Gasteiger partial charge in [0, 0.05) is 23.5 Å². The van der Waals surface area contributed by atoms with Crippen molar-refractivity contribution < 1.29 is 13.2 Å². The van der Waals surface area contributed by atoms with Gasteiger partial charge in [0.1, 0.15) is 11.3 Å². The number of amides is 1. The fourth-order valence-electron chi connectivity index (χ4n) is 2.90. The summed E-state index contributed by atoms with van der Waals surface area (Å²) in [4.78, 5) is 21.2. The third-order valence-electron chi connectivity index (χ3n) is 4.23. The van der Waals surface area contributed by atoms with Crippen molar-refractivity contribution in [2.24, 2.45) is 0 Å². The molecule has 4 aromatic rings. The van der Waals surface area contributed by atoms with E-state index in [9.17, 15) is 13.2 Å². The summed E-state index contributed by atoms with van der Waals surface area (Å²) in [6.07, 6.45) is 3.37. The second kappa shape index (κ2) is 7.30. The van der Waals surface area contributed by atoms with E-state index >= 15 is 0 Å². The molecule has 0 unspecified atom stereocenters. The predicted octanol–water partition coefficient (Wildman–Crippen LogP) is 3.46. The van der Waals surface area contributed by atoms with Crippen LogP contribution >= 0.6 is 11.3 Å². The molecule has 1 aromatic carbocycles. The van der Waals surface area contributed by atoms with Crippen molar-refractivity contribution in [1.29, 1.82) is 0 Å². The number of benzene rings is 1. The molecule has 0 fully saturated rings. The van der Waals surface area contributed by atoms with Crippen LogP contribution in [-0.4, -0.2) is 28.7 Å². The highest BCUT2D eigenvalue weighted by atomic mass is 32.2. The lowest BCUT2D eigenvalue weighted by Gasteiger charge is -2.08. The number of aromatic nitrogens is 3. The third kappa shape index (κ3) is 3.84. The van der Waals surface area contributed by atoms with Gasteiger partial charge in [-0.3, -0.25) is 13.9 Å². The maximum atomic E-state index is 12.8. The summed E-state index contributed by atoms with van der Waals surface area (Å²) in [7, 11) is -3.74. The number of hydrogen-bond donors (Lipinski definition) is 2. The number of sulfonamides is 1. The molecular formula is C19H17N5O3S2. The SMILES string of the molecule is Cc1ccc2nc(C)c(C(=O)Nc3ccc(S(=O)(=O)Nc4nccs4)cc3)n2c1. The summed E-state index contributed by atoms with van der Waals surface area (Å²) < 4.78 is 29.0. The van der Waals surface area contributed by atoms with E-state index in [0.29, 0.717) is 27.9 Å². The number of fused-ring (bicyclic) bond motifs is 1. The van der Waals surface area contributed by atoms with E-state index < -0.39 is 10.0 Å². The fourth-order valence-corrected chi connectivity index (χ4v) is 4.69. The largest absolute Gasteiger partial charge is 0.321 e. The molecule has 0 aliphatic heterocycles. The maximum absolute atomic E-state index is 12.8.